The maximum atomic E-state index is 11.6. The van der Waals surface area contributed by atoms with Crippen LogP contribution in [0.25, 0.3) is 0 Å². The lowest BCUT2D eigenvalue weighted by Crippen LogP contribution is -2.23. The van der Waals surface area contributed by atoms with Crippen molar-refractivity contribution >= 4 is 11.9 Å². The van der Waals surface area contributed by atoms with Gasteiger partial charge in [0, 0.05) is 11.1 Å². The van der Waals surface area contributed by atoms with Crippen LogP contribution in [0.3, 0.4) is 0 Å². The first-order valence-electron chi connectivity index (χ1n) is 4.85. The fraction of sp³-hybridized carbons (Fsp3) is 0.364. The quantitative estimate of drug-likeness (QED) is 0.523. The second-order valence-corrected chi connectivity index (χ2v) is 4.73. The van der Waals surface area contributed by atoms with E-state index in [0.717, 1.165) is 0 Å². The molecule has 1 aromatic heterocycles. The number of cyclic esters (lactones) is 2. The first kappa shape index (κ1) is 10.6. The molecule has 5 heteroatoms. The van der Waals surface area contributed by atoms with Gasteiger partial charge in [0.1, 0.15) is 5.56 Å². The van der Waals surface area contributed by atoms with Crippen molar-refractivity contribution in [2.24, 2.45) is 0 Å². The number of hydrogen-bond donors (Lipinski definition) is 1. The number of aromatic nitrogens is 1. The normalized spacial score (nSPS) is 14.9. The molecule has 84 valence electrons. The zero-order chi connectivity index (χ0) is 12.1. The first-order valence-corrected chi connectivity index (χ1v) is 4.85. The van der Waals surface area contributed by atoms with Crippen LogP contribution < -0.4 is 5.56 Å². The van der Waals surface area contributed by atoms with Gasteiger partial charge in [-0.05, 0) is 6.07 Å². The number of fused-ring (bicyclic) bond motifs is 1. The Morgan fingerprint density at radius 3 is 2.31 bits per heavy atom. The van der Waals surface area contributed by atoms with Crippen LogP contribution in [0.4, 0.5) is 0 Å². The lowest BCUT2D eigenvalue weighted by Gasteiger charge is -2.18. The van der Waals surface area contributed by atoms with E-state index in [9.17, 15) is 14.4 Å². The fourth-order valence-corrected chi connectivity index (χ4v) is 1.52. The summed E-state index contributed by atoms with van der Waals surface area (Å²) in [6.07, 6.45) is 0. The molecule has 0 saturated carbocycles. The minimum absolute atomic E-state index is 0.0543. The van der Waals surface area contributed by atoms with Gasteiger partial charge in [0.25, 0.3) is 5.56 Å². The summed E-state index contributed by atoms with van der Waals surface area (Å²) in [7, 11) is 0. The van der Waals surface area contributed by atoms with Crippen molar-refractivity contribution in [2.45, 2.75) is 26.2 Å². The summed E-state index contributed by atoms with van der Waals surface area (Å²) in [5.41, 5.74) is -0.419. The number of nitrogens with one attached hydrogen (secondary N) is 1. The maximum absolute atomic E-state index is 11.6. The average Bonchev–Trinajstić information content (AvgIpc) is 2.41. The van der Waals surface area contributed by atoms with Crippen molar-refractivity contribution in [3.63, 3.8) is 0 Å². The van der Waals surface area contributed by atoms with Gasteiger partial charge in [0.15, 0.2) is 0 Å². The van der Waals surface area contributed by atoms with Crippen LogP contribution in [-0.4, -0.2) is 16.9 Å². The Bertz CT molecular complexity index is 548. The number of esters is 2. The highest BCUT2D eigenvalue weighted by atomic mass is 16.6. The first-order chi connectivity index (χ1) is 7.30. The van der Waals surface area contributed by atoms with Gasteiger partial charge < -0.3 is 9.72 Å². The molecule has 2 heterocycles. The van der Waals surface area contributed by atoms with Crippen molar-refractivity contribution < 1.29 is 14.3 Å². The van der Waals surface area contributed by atoms with Gasteiger partial charge in [-0.25, -0.2) is 9.59 Å². The lowest BCUT2D eigenvalue weighted by molar-refractivity contribution is 0.0443. The number of carbonyl (C=O) groups is 2. The molecule has 0 amide bonds. The molecule has 0 saturated heterocycles. The van der Waals surface area contributed by atoms with E-state index in [1.54, 1.807) is 0 Å². The smallest absolute Gasteiger partial charge is 0.352 e. The highest BCUT2D eigenvalue weighted by Gasteiger charge is 2.34. The summed E-state index contributed by atoms with van der Waals surface area (Å²) in [4.78, 5) is 36.7. The fourth-order valence-electron chi connectivity index (χ4n) is 1.52. The van der Waals surface area contributed by atoms with Gasteiger partial charge in [-0.1, -0.05) is 20.8 Å². The zero-order valence-corrected chi connectivity index (χ0v) is 9.21. The molecule has 0 radical (unpaired) electrons. The van der Waals surface area contributed by atoms with Gasteiger partial charge in [-0.2, -0.15) is 0 Å². The van der Waals surface area contributed by atoms with Crippen LogP contribution in [0.5, 0.6) is 0 Å². The van der Waals surface area contributed by atoms with Crippen LogP contribution in [0.15, 0.2) is 10.9 Å². The van der Waals surface area contributed by atoms with Gasteiger partial charge in [-0.15, -0.1) is 0 Å². The van der Waals surface area contributed by atoms with Gasteiger partial charge in [-0.3, -0.25) is 4.79 Å². The Labute approximate surface area is 91.4 Å². The molecule has 1 aliphatic heterocycles. The monoisotopic (exact) mass is 221 g/mol. The van der Waals surface area contributed by atoms with Gasteiger partial charge >= 0.3 is 11.9 Å². The van der Waals surface area contributed by atoms with Crippen molar-refractivity contribution in [2.75, 3.05) is 0 Å². The number of ether oxygens (including phenoxy) is 1. The third-order valence-corrected chi connectivity index (χ3v) is 2.45. The molecule has 1 aromatic rings. The van der Waals surface area contributed by atoms with Crippen molar-refractivity contribution in [1.29, 1.82) is 0 Å². The summed E-state index contributed by atoms with van der Waals surface area (Å²) in [6, 6.07) is 1.50. The summed E-state index contributed by atoms with van der Waals surface area (Å²) in [5.74, 6) is -1.63. The molecule has 0 atom stereocenters. The predicted octanol–water partition coefficient (Wildman–Crippen LogP) is 0.983. The molecule has 1 aliphatic rings. The van der Waals surface area contributed by atoms with E-state index in [-0.39, 0.29) is 16.5 Å². The SMILES string of the molecule is CC(C)(C)c1cc2c(c(=O)[nH]1)C(=O)OC2=O. The molecule has 0 aliphatic carbocycles. The molecule has 5 nitrogen and oxygen atoms in total. The molecule has 16 heavy (non-hydrogen) atoms. The number of H-pyrrole nitrogens is 1. The summed E-state index contributed by atoms with van der Waals surface area (Å²) in [6.45, 7) is 5.69. The van der Waals surface area contributed by atoms with Gasteiger partial charge in [0.2, 0.25) is 0 Å². The molecule has 0 bridgehead atoms. The Kier molecular flexibility index (Phi) is 2.01. The number of pyridine rings is 1. The minimum Gasteiger partial charge on any atom is -0.386 e. The van der Waals surface area contributed by atoms with Gasteiger partial charge in [0.05, 0.1) is 5.56 Å². The van der Waals surface area contributed by atoms with Crippen LogP contribution in [0.2, 0.25) is 0 Å². The molecular weight excluding hydrogens is 210 g/mol. The molecule has 2 rings (SSSR count). The van der Waals surface area contributed by atoms with Crippen LogP contribution in [-0.2, 0) is 10.2 Å². The van der Waals surface area contributed by atoms with Crippen LogP contribution >= 0.6 is 0 Å². The topological polar surface area (TPSA) is 76.2 Å². The Morgan fingerprint density at radius 1 is 1.12 bits per heavy atom. The predicted molar refractivity (Wildman–Crippen MR) is 55.5 cm³/mol. The summed E-state index contributed by atoms with van der Waals surface area (Å²) in [5, 5.41) is 0. The summed E-state index contributed by atoms with van der Waals surface area (Å²) < 4.78 is 4.38. The second kappa shape index (κ2) is 3.04. The molecule has 0 fully saturated rings. The van der Waals surface area contributed by atoms with Crippen molar-refractivity contribution in [1.82, 2.24) is 4.98 Å². The van der Waals surface area contributed by atoms with Crippen LogP contribution in [0.1, 0.15) is 47.2 Å². The van der Waals surface area contributed by atoms with E-state index in [0.29, 0.717) is 5.69 Å². The molecule has 1 N–H and O–H groups in total. The number of rotatable bonds is 0. The lowest BCUT2D eigenvalue weighted by atomic mass is 9.90. The second-order valence-electron chi connectivity index (χ2n) is 4.73. The van der Waals surface area contributed by atoms with E-state index in [1.807, 2.05) is 20.8 Å². The Balaban J connectivity index is 2.73. The highest BCUT2D eigenvalue weighted by Crippen LogP contribution is 2.23. The number of hydrogen-bond acceptors (Lipinski definition) is 4. The average molecular weight is 221 g/mol. The van der Waals surface area contributed by atoms with E-state index >= 15 is 0 Å². The minimum atomic E-state index is -0.873. The molecule has 0 aromatic carbocycles. The third-order valence-electron chi connectivity index (χ3n) is 2.45. The highest BCUT2D eigenvalue weighted by molar-refractivity contribution is 6.14. The number of carbonyl (C=O) groups excluding carboxylic acids is 2. The largest absolute Gasteiger partial charge is 0.386 e. The van der Waals surface area contributed by atoms with Crippen molar-refractivity contribution in [3.05, 3.63) is 33.2 Å². The van der Waals surface area contributed by atoms with E-state index < -0.39 is 17.5 Å². The maximum Gasteiger partial charge on any atom is 0.352 e. The van der Waals surface area contributed by atoms with E-state index in [2.05, 4.69) is 9.72 Å². The third kappa shape index (κ3) is 1.44. The number of aromatic amines is 1. The Morgan fingerprint density at radius 2 is 1.75 bits per heavy atom. The molecule has 0 unspecified atom stereocenters. The Hall–Kier alpha value is -1.91. The van der Waals surface area contributed by atoms with Crippen LogP contribution in [0, 0.1) is 0 Å². The zero-order valence-electron chi connectivity index (χ0n) is 9.21. The standard InChI is InChI=1S/C11H11NO4/c1-11(2,3)6-4-5-7(8(13)12-6)10(15)16-9(5)14/h4H,1-3H3,(H,12,13). The summed E-state index contributed by atoms with van der Waals surface area (Å²) >= 11 is 0. The molecular formula is C11H11NO4. The van der Waals surface area contributed by atoms with E-state index in [1.165, 1.54) is 6.07 Å². The van der Waals surface area contributed by atoms with E-state index in [4.69, 9.17) is 0 Å². The molecule has 0 spiro atoms. The van der Waals surface area contributed by atoms with Crippen molar-refractivity contribution in [3.8, 4) is 0 Å².